The van der Waals surface area contributed by atoms with Crippen LogP contribution in [0.3, 0.4) is 0 Å². The molecule has 0 bridgehead atoms. The van der Waals surface area contributed by atoms with E-state index < -0.39 is 5.82 Å². The van der Waals surface area contributed by atoms with Crippen LogP contribution in [0, 0.1) is 5.82 Å². The topological polar surface area (TPSA) is 55.3 Å². The number of hydrogen-bond donors (Lipinski definition) is 0. The lowest BCUT2D eigenvalue weighted by atomic mass is 9.95. The van der Waals surface area contributed by atoms with Crippen LogP contribution in [0.2, 0.25) is 0 Å². The molecule has 1 saturated heterocycles. The maximum absolute atomic E-state index is 13.7. The van der Waals surface area contributed by atoms with Crippen molar-refractivity contribution in [2.75, 3.05) is 13.1 Å². The molecule has 1 aliphatic heterocycles. The highest BCUT2D eigenvalue weighted by Crippen LogP contribution is 2.28. The first-order valence-corrected chi connectivity index (χ1v) is 8.19. The Bertz CT molecular complexity index is 723. The number of halogens is 1. The van der Waals surface area contributed by atoms with Gasteiger partial charge in [0.2, 0.25) is 11.8 Å². The van der Waals surface area contributed by atoms with Gasteiger partial charge in [0.1, 0.15) is 0 Å². The van der Waals surface area contributed by atoms with Gasteiger partial charge in [-0.25, -0.2) is 9.37 Å². The van der Waals surface area contributed by atoms with Gasteiger partial charge in [-0.15, -0.1) is 0 Å². The quantitative estimate of drug-likeness (QED) is 0.861. The monoisotopic (exact) mass is 329 g/mol. The molecule has 0 saturated carbocycles. The summed E-state index contributed by atoms with van der Waals surface area (Å²) < 4.78 is 19.2. The van der Waals surface area contributed by atoms with E-state index in [1.165, 1.54) is 12.3 Å². The Labute approximate surface area is 140 Å². The third kappa shape index (κ3) is 3.69. The molecule has 2 heterocycles. The lowest BCUT2D eigenvalue weighted by molar-refractivity contribution is -0.132. The molecule has 24 heavy (non-hydrogen) atoms. The molecule has 2 aromatic rings. The minimum Gasteiger partial charge on any atom is -0.434 e. The van der Waals surface area contributed by atoms with Crippen LogP contribution in [0.1, 0.15) is 37.8 Å². The zero-order chi connectivity index (χ0) is 16.9. The zero-order valence-corrected chi connectivity index (χ0v) is 13.6. The van der Waals surface area contributed by atoms with Crippen LogP contribution >= 0.6 is 0 Å². The number of amides is 1. The molecule has 0 unspecified atom stereocenters. The normalized spacial score (nSPS) is 17.6. The van der Waals surface area contributed by atoms with Crippen molar-refractivity contribution in [3.63, 3.8) is 0 Å². The second kappa shape index (κ2) is 7.38. The maximum Gasteiger partial charge on any atom is 0.238 e. The van der Waals surface area contributed by atoms with Crippen LogP contribution in [0.25, 0.3) is 0 Å². The van der Waals surface area contributed by atoms with Crippen LogP contribution in [0.4, 0.5) is 4.39 Å². The van der Waals surface area contributed by atoms with E-state index in [1.54, 1.807) is 24.4 Å². The molecule has 1 atom stereocenters. The van der Waals surface area contributed by atoms with Gasteiger partial charge < -0.3 is 9.64 Å². The summed E-state index contributed by atoms with van der Waals surface area (Å²) in [6.45, 7) is 3.31. The number of rotatable bonds is 4. The van der Waals surface area contributed by atoms with E-state index in [9.17, 15) is 9.18 Å². The Balaban J connectivity index is 1.75. The number of hydrogen-bond acceptors (Lipinski definition) is 4. The van der Waals surface area contributed by atoms with Gasteiger partial charge in [-0.3, -0.25) is 9.78 Å². The highest BCUT2D eigenvalue weighted by Gasteiger charge is 2.25. The summed E-state index contributed by atoms with van der Waals surface area (Å²) in [6.07, 6.45) is 5.56. The first-order chi connectivity index (χ1) is 11.7. The van der Waals surface area contributed by atoms with E-state index in [1.807, 2.05) is 11.8 Å². The second-order valence-corrected chi connectivity index (χ2v) is 5.85. The average molecular weight is 329 g/mol. The van der Waals surface area contributed by atoms with Crippen molar-refractivity contribution >= 4 is 5.91 Å². The zero-order valence-electron chi connectivity index (χ0n) is 13.6. The molecule has 3 rings (SSSR count). The van der Waals surface area contributed by atoms with Gasteiger partial charge in [-0.05, 0) is 25.0 Å². The number of aromatic nitrogens is 2. The molecule has 1 fully saturated rings. The largest absolute Gasteiger partial charge is 0.434 e. The van der Waals surface area contributed by atoms with Gasteiger partial charge >= 0.3 is 0 Å². The SMILES string of the molecule is CCC(=O)N1CCC[C@@H](c2cncc(Oc3ccccc3F)n2)C1. The highest BCUT2D eigenvalue weighted by atomic mass is 19.1. The number of ether oxygens (including phenoxy) is 1. The van der Waals surface area contributed by atoms with E-state index in [2.05, 4.69) is 9.97 Å². The maximum atomic E-state index is 13.7. The molecule has 1 aromatic carbocycles. The molecular formula is C18H20FN3O2. The number of carbonyl (C=O) groups is 1. The van der Waals surface area contributed by atoms with Crippen LogP contribution in [0.15, 0.2) is 36.7 Å². The first kappa shape index (κ1) is 16.4. The van der Waals surface area contributed by atoms with Gasteiger partial charge in [0, 0.05) is 31.6 Å². The molecule has 0 radical (unpaired) electrons. The fraction of sp³-hybridized carbons (Fsp3) is 0.389. The van der Waals surface area contributed by atoms with Crippen molar-refractivity contribution in [2.45, 2.75) is 32.1 Å². The fourth-order valence-corrected chi connectivity index (χ4v) is 2.92. The van der Waals surface area contributed by atoms with Crippen molar-refractivity contribution in [3.8, 4) is 11.6 Å². The summed E-state index contributed by atoms with van der Waals surface area (Å²) in [5.41, 5.74) is 0.775. The summed E-state index contributed by atoms with van der Waals surface area (Å²) >= 11 is 0. The van der Waals surface area contributed by atoms with Crippen molar-refractivity contribution in [2.24, 2.45) is 0 Å². The third-order valence-corrected chi connectivity index (χ3v) is 4.18. The molecule has 1 amide bonds. The molecule has 5 nitrogen and oxygen atoms in total. The summed E-state index contributed by atoms with van der Waals surface area (Å²) in [7, 11) is 0. The Hall–Kier alpha value is -2.50. The van der Waals surface area contributed by atoms with Crippen molar-refractivity contribution in [3.05, 3.63) is 48.2 Å². The number of piperidine rings is 1. The smallest absolute Gasteiger partial charge is 0.238 e. The number of nitrogens with zero attached hydrogens (tertiary/aromatic N) is 3. The number of benzene rings is 1. The van der Waals surface area contributed by atoms with E-state index >= 15 is 0 Å². The van der Waals surface area contributed by atoms with Crippen LogP contribution in [-0.4, -0.2) is 33.9 Å². The summed E-state index contributed by atoms with van der Waals surface area (Å²) in [5.74, 6) is 0.228. The summed E-state index contributed by atoms with van der Waals surface area (Å²) in [6, 6.07) is 6.19. The molecule has 0 N–H and O–H groups in total. The predicted molar refractivity (Wildman–Crippen MR) is 87.4 cm³/mol. The van der Waals surface area contributed by atoms with Gasteiger partial charge in [0.25, 0.3) is 0 Å². The lowest BCUT2D eigenvalue weighted by Gasteiger charge is -2.32. The van der Waals surface area contributed by atoms with Gasteiger partial charge in [0.15, 0.2) is 11.6 Å². The molecule has 6 heteroatoms. The van der Waals surface area contributed by atoms with Gasteiger partial charge in [-0.1, -0.05) is 19.1 Å². The Morgan fingerprint density at radius 2 is 2.21 bits per heavy atom. The van der Waals surface area contributed by atoms with E-state index in [-0.39, 0.29) is 23.5 Å². The van der Waals surface area contributed by atoms with Crippen molar-refractivity contribution in [1.82, 2.24) is 14.9 Å². The standard InChI is InChI=1S/C18H20FN3O2/c1-2-18(23)22-9-5-6-13(12-22)15-10-20-11-17(21-15)24-16-8-4-3-7-14(16)19/h3-4,7-8,10-11,13H,2,5-6,9,12H2,1H3/t13-/m1/s1. The molecular weight excluding hydrogens is 309 g/mol. The van der Waals surface area contributed by atoms with Crippen molar-refractivity contribution in [1.29, 1.82) is 0 Å². The lowest BCUT2D eigenvalue weighted by Crippen LogP contribution is -2.38. The van der Waals surface area contributed by atoms with E-state index in [0.717, 1.165) is 25.1 Å². The van der Waals surface area contributed by atoms with Crippen molar-refractivity contribution < 1.29 is 13.9 Å². The summed E-state index contributed by atoms with van der Waals surface area (Å²) in [4.78, 5) is 22.4. The van der Waals surface area contributed by atoms with E-state index in [0.29, 0.717) is 13.0 Å². The van der Waals surface area contributed by atoms with Gasteiger partial charge in [-0.2, -0.15) is 0 Å². The number of likely N-dealkylation sites (tertiary alicyclic amines) is 1. The molecule has 0 aliphatic carbocycles. The molecule has 126 valence electrons. The van der Waals surface area contributed by atoms with Crippen LogP contribution in [-0.2, 0) is 4.79 Å². The highest BCUT2D eigenvalue weighted by molar-refractivity contribution is 5.76. The molecule has 1 aromatic heterocycles. The first-order valence-electron chi connectivity index (χ1n) is 8.19. The Morgan fingerprint density at radius 1 is 1.38 bits per heavy atom. The predicted octanol–water partition coefficient (Wildman–Crippen LogP) is 3.52. The van der Waals surface area contributed by atoms with E-state index in [4.69, 9.17) is 4.74 Å². The number of carbonyl (C=O) groups excluding carboxylic acids is 1. The third-order valence-electron chi connectivity index (χ3n) is 4.18. The average Bonchev–Trinajstić information content (AvgIpc) is 2.63. The Morgan fingerprint density at radius 3 is 3.00 bits per heavy atom. The molecule has 0 spiro atoms. The van der Waals surface area contributed by atoms with Crippen LogP contribution < -0.4 is 4.74 Å². The second-order valence-electron chi connectivity index (χ2n) is 5.85. The summed E-state index contributed by atoms with van der Waals surface area (Å²) in [5, 5.41) is 0. The molecule has 1 aliphatic rings. The number of para-hydroxylation sites is 1. The van der Waals surface area contributed by atoms with Crippen LogP contribution in [0.5, 0.6) is 11.6 Å². The fourth-order valence-electron chi connectivity index (χ4n) is 2.92. The minimum absolute atomic E-state index is 0.121. The van der Waals surface area contributed by atoms with Gasteiger partial charge in [0.05, 0.1) is 11.9 Å². The minimum atomic E-state index is -0.443. The Kier molecular flexibility index (Phi) is 5.03.